The smallest absolute Gasteiger partial charge is 0.0650 e. The Labute approximate surface area is 92.1 Å². The number of rotatable bonds is 2. The van der Waals surface area contributed by atoms with Crippen LogP contribution in [-0.2, 0) is 15.5 Å². The van der Waals surface area contributed by atoms with Crippen molar-refractivity contribution in [2.24, 2.45) is 0 Å². The van der Waals surface area contributed by atoms with E-state index >= 15 is 0 Å². The van der Waals surface area contributed by atoms with Crippen molar-refractivity contribution in [3.63, 3.8) is 0 Å². The van der Waals surface area contributed by atoms with Crippen molar-refractivity contribution in [2.75, 3.05) is 18.9 Å². The molecule has 15 heavy (non-hydrogen) atoms. The second-order valence-electron chi connectivity index (χ2n) is 3.81. The Kier molecular flexibility index (Phi) is 3.07. The number of nitrogen functional groups attached to an aromatic ring is 1. The van der Waals surface area contributed by atoms with Crippen molar-refractivity contribution in [3.05, 3.63) is 23.8 Å². The van der Waals surface area contributed by atoms with Crippen LogP contribution in [0, 0.1) is 6.92 Å². The van der Waals surface area contributed by atoms with Gasteiger partial charge in [-0.15, -0.1) is 0 Å². The van der Waals surface area contributed by atoms with E-state index < -0.39 is 10.8 Å². The second-order valence-corrected chi connectivity index (χ2v) is 5.51. The molecule has 2 atom stereocenters. The fourth-order valence-electron chi connectivity index (χ4n) is 1.69. The van der Waals surface area contributed by atoms with Crippen LogP contribution in [0.3, 0.4) is 0 Å². The predicted octanol–water partition coefficient (Wildman–Crippen LogP) is 1.47. The molecule has 2 unspecified atom stereocenters. The van der Waals surface area contributed by atoms with Gasteiger partial charge in [0.15, 0.2) is 0 Å². The Balaban J connectivity index is 2.27. The molecule has 0 aromatic heterocycles. The summed E-state index contributed by atoms with van der Waals surface area (Å²) in [6.07, 6.45) is 0.876. The Morgan fingerprint density at radius 1 is 1.53 bits per heavy atom. The van der Waals surface area contributed by atoms with Crippen molar-refractivity contribution >= 4 is 16.5 Å². The summed E-state index contributed by atoms with van der Waals surface area (Å²) in [5, 5.41) is 0.130. The van der Waals surface area contributed by atoms with Gasteiger partial charge in [-0.2, -0.15) is 0 Å². The minimum absolute atomic E-state index is 0.130. The van der Waals surface area contributed by atoms with Gasteiger partial charge in [-0.05, 0) is 31.0 Å². The van der Waals surface area contributed by atoms with Crippen LogP contribution < -0.4 is 5.73 Å². The lowest BCUT2D eigenvalue weighted by Crippen LogP contribution is -2.15. The highest BCUT2D eigenvalue weighted by molar-refractivity contribution is 7.85. The number of aryl methyl sites for hydroxylation is 1. The Bertz CT molecular complexity index is 386. The molecule has 2 N–H and O–H groups in total. The number of nitrogens with two attached hydrogens (primary N) is 1. The minimum Gasteiger partial charge on any atom is -0.399 e. The summed E-state index contributed by atoms with van der Waals surface area (Å²) in [5.41, 5.74) is 7.40. The number of benzene rings is 1. The van der Waals surface area contributed by atoms with E-state index in [1.807, 2.05) is 25.1 Å². The summed E-state index contributed by atoms with van der Waals surface area (Å²) >= 11 is 0. The summed E-state index contributed by atoms with van der Waals surface area (Å²) in [6.45, 7) is 3.28. The highest BCUT2D eigenvalue weighted by Gasteiger charge is 2.24. The van der Waals surface area contributed by atoms with Crippen molar-refractivity contribution in [2.45, 2.75) is 23.5 Å². The monoisotopic (exact) mass is 225 g/mol. The molecule has 4 heteroatoms. The first-order valence-electron chi connectivity index (χ1n) is 5.03. The molecule has 0 radical (unpaired) electrons. The Hall–Kier alpha value is -0.870. The van der Waals surface area contributed by atoms with Gasteiger partial charge in [0.25, 0.3) is 0 Å². The fourth-order valence-corrected chi connectivity index (χ4v) is 3.22. The van der Waals surface area contributed by atoms with E-state index in [2.05, 4.69) is 0 Å². The van der Waals surface area contributed by atoms with Crippen LogP contribution in [0.15, 0.2) is 23.1 Å². The fraction of sp³-hybridized carbons (Fsp3) is 0.455. The van der Waals surface area contributed by atoms with Crippen LogP contribution in [0.2, 0.25) is 0 Å². The molecule has 3 nitrogen and oxygen atoms in total. The summed E-state index contributed by atoms with van der Waals surface area (Å²) < 4.78 is 17.4. The maximum Gasteiger partial charge on any atom is 0.0650 e. The molecule has 0 spiro atoms. The summed E-state index contributed by atoms with van der Waals surface area (Å²) in [7, 11) is -0.986. The van der Waals surface area contributed by atoms with Crippen molar-refractivity contribution in [1.29, 1.82) is 0 Å². The third-order valence-electron chi connectivity index (χ3n) is 2.62. The molecule has 1 saturated heterocycles. The third-order valence-corrected chi connectivity index (χ3v) is 4.47. The number of ether oxygens (including phenoxy) is 1. The van der Waals surface area contributed by atoms with Crippen molar-refractivity contribution in [3.8, 4) is 0 Å². The molecule has 0 bridgehead atoms. The van der Waals surface area contributed by atoms with Gasteiger partial charge >= 0.3 is 0 Å². The van der Waals surface area contributed by atoms with Gasteiger partial charge in [0.05, 0.1) is 22.7 Å². The quantitative estimate of drug-likeness (QED) is 0.775. The zero-order valence-electron chi connectivity index (χ0n) is 8.73. The molecule has 1 aliphatic rings. The zero-order chi connectivity index (χ0) is 10.8. The highest BCUT2D eigenvalue weighted by atomic mass is 32.2. The summed E-state index contributed by atoms with van der Waals surface area (Å²) in [5.74, 6) is 0. The molecule has 1 aliphatic heterocycles. The largest absolute Gasteiger partial charge is 0.399 e. The predicted molar refractivity (Wildman–Crippen MR) is 61.2 cm³/mol. The highest BCUT2D eigenvalue weighted by Crippen LogP contribution is 2.23. The molecular weight excluding hydrogens is 210 g/mol. The maximum atomic E-state index is 12.2. The lowest BCUT2D eigenvalue weighted by molar-refractivity contribution is 0.199. The van der Waals surface area contributed by atoms with E-state index in [0.717, 1.165) is 23.5 Å². The average molecular weight is 225 g/mol. The first-order valence-corrected chi connectivity index (χ1v) is 6.24. The summed E-state index contributed by atoms with van der Waals surface area (Å²) in [4.78, 5) is 0.852. The van der Waals surface area contributed by atoms with E-state index in [0.29, 0.717) is 12.3 Å². The van der Waals surface area contributed by atoms with Gasteiger partial charge in [-0.3, -0.25) is 4.21 Å². The molecule has 0 saturated carbocycles. The van der Waals surface area contributed by atoms with Crippen LogP contribution in [-0.4, -0.2) is 22.7 Å². The van der Waals surface area contributed by atoms with Crippen LogP contribution in [0.4, 0.5) is 5.69 Å². The second kappa shape index (κ2) is 4.33. The minimum atomic E-state index is -0.986. The van der Waals surface area contributed by atoms with Crippen molar-refractivity contribution in [1.82, 2.24) is 0 Å². The van der Waals surface area contributed by atoms with E-state index in [-0.39, 0.29) is 5.25 Å². The molecule has 1 fully saturated rings. The van der Waals surface area contributed by atoms with Crippen molar-refractivity contribution < 1.29 is 8.95 Å². The van der Waals surface area contributed by atoms with Gasteiger partial charge in [-0.25, -0.2) is 0 Å². The molecule has 0 amide bonds. The molecular formula is C11H15NO2S. The standard InChI is InChI=1S/C11H15NO2S/c1-8-2-3-9(12)6-11(8)15(13)10-4-5-14-7-10/h2-3,6,10H,4-5,7,12H2,1H3. The van der Waals surface area contributed by atoms with E-state index in [1.165, 1.54) is 0 Å². The molecule has 1 aromatic carbocycles. The van der Waals surface area contributed by atoms with Gasteiger partial charge in [0.1, 0.15) is 0 Å². The van der Waals surface area contributed by atoms with Gasteiger partial charge < -0.3 is 10.5 Å². The molecule has 82 valence electrons. The van der Waals surface area contributed by atoms with Crippen LogP contribution in [0.1, 0.15) is 12.0 Å². The Morgan fingerprint density at radius 2 is 2.33 bits per heavy atom. The first kappa shape index (κ1) is 10.6. The van der Waals surface area contributed by atoms with Gasteiger partial charge in [0, 0.05) is 17.2 Å². The Morgan fingerprint density at radius 3 is 3.00 bits per heavy atom. The number of anilines is 1. The van der Waals surface area contributed by atoms with Crippen LogP contribution >= 0.6 is 0 Å². The first-order chi connectivity index (χ1) is 7.18. The van der Waals surface area contributed by atoms with Crippen LogP contribution in [0.25, 0.3) is 0 Å². The normalized spacial score (nSPS) is 22.9. The van der Waals surface area contributed by atoms with Gasteiger partial charge in [-0.1, -0.05) is 6.07 Å². The van der Waals surface area contributed by atoms with E-state index in [4.69, 9.17) is 10.5 Å². The molecule has 2 rings (SSSR count). The SMILES string of the molecule is Cc1ccc(N)cc1S(=O)C1CCOC1. The molecule has 1 aromatic rings. The maximum absolute atomic E-state index is 12.2. The lowest BCUT2D eigenvalue weighted by Gasteiger charge is -2.11. The zero-order valence-corrected chi connectivity index (χ0v) is 9.55. The number of hydrogen-bond donors (Lipinski definition) is 1. The molecule has 0 aliphatic carbocycles. The summed E-state index contributed by atoms with van der Waals surface area (Å²) in [6, 6.07) is 5.56. The average Bonchev–Trinajstić information content (AvgIpc) is 2.74. The van der Waals surface area contributed by atoms with Crippen LogP contribution in [0.5, 0.6) is 0 Å². The topological polar surface area (TPSA) is 52.3 Å². The van der Waals surface area contributed by atoms with E-state index in [9.17, 15) is 4.21 Å². The van der Waals surface area contributed by atoms with E-state index in [1.54, 1.807) is 0 Å². The lowest BCUT2D eigenvalue weighted by atomic mass is 10.2. The number of hydrogen-bond acceptors (Lipinski definition) is 3. The van der Waals surface area contributed by atoms with Gasteiger partial charge in [0.2, 0.25) is 0 Å². The molecule has 1 heterocycles. The third kappa shape index (κ3) is 2.21.